The van der Waals surface area contributed by atoms with Crippen LogP contribution in [0.4, 0.5) is 24.5 Å². The van der Waals surface area contributed by atoms with Crippen LogP contribution in [0.25, 0.3) is 32.7 Å². The van der Waals surface area contributed by atoms with Crippen molar-refractivity contribution in [2.75, 3.05) is 29.2 Å². The maximum absolute atomic E-state index is 14.0. The third kappa shape index (κ3) is 5.04. The molecule has 3 aromatic heterocycles. The van der Waals surface area contributed by atoms with Crippen molar-refractivity contribution < 1.29 is 37.4 Å². The lowest BCUT2D eigenvalue weighted by Crippen LogP contribution is -2.30. The highest BCUT2D eigenvalue weighted by atomic mass is 79.9. The van der Waals surface area contributed by atoms with Gasteiger partial charge in [-0.25, -0.2) is 4.79 Å². The number of anilines is 2. The van der Waals surface area contributed by atoms with Crippen molar-refractivity contribution in [1.29, 1.82) is 0 Å². The molecule has 47 heavy (non-hydrogen) atoms. The molecule has 10 nitrogen and oxygen atoms in total. The number of fused-ring (bicyclic) bond motifs is 5. The van der Waals surface area contributed by atoms with Gasteiger partial charge in [-0.1, -0.05) is 34.1 Å². The van der Waals surface area contributed by atoms with E-state index in [1.807, 2.05) is 24.3 Å². The zero-order valence-electron chi connectivity index (χ0n) is 24.3. The molecule has 238 valence electrons. The number of pyridine rings is 1. The predicted molar refractivity (Wildman–Crippen MR) is 173 cm³/mol. The van der Waals surface area contributed by atoms with Crippen molar-refractivity contribution >= 4 is 77.8 Å². The molecule has 4 heterocycles. The van der Waals surface area contributed by atoms with E-state index in [0.717, 1.165) is 18.0 Å². The van der Waals surface area contributed by atoms with Gasteiger partial charge < -0.3 is 30.0 Å². The monoisotopic (exact) mass is 705 g/mol. The number of amides is 2. The largest absolute Gasteiger partial charge is 0.506 e. The summed E-state index contributed by atoms with van der Waals surface area (Å²) in [4.78, 5) is 50.5. The highest BCUT2D eigenvalue weighted by Gasteiger charge is 2.43. The first-order valence-electron chi connectivity index (χ1n) is 14.2. The quantitative estimate of drug-likeness (QED) is 0.111. The summed E-state index contributed by atoms with van der Waals surface area (Å²) in [5.74, 6) is -3.19. The second-order valence-corrected chi connectivity index (χ2v) is 11.7. The summed E-state index contributed by atoms with van der Waals surface area (Å²) in [6.07, 6.45) is -3.45. The van der Waals surface area contributed by atoms with Crippen LogP contribution in [0.15, 0.2) is 66.9 Å². The normalized spacial score (nSPS) is 14.6. The zero-order chi connectivity index (χ0) is 33.2. The Kier molecular flexibility index (Phi) is 7.19. The number of benzene rings is 3. The van der Waals surface area contributed by atoms with Crippen molar-refractivity contribution in [1.82, 2.24) is 15.0 Å². The second kappa shape index (κ2) is 11.2. The van der Waals surface area contributed by atoms with Crippen LogP contribution in [-0.4, -0.2) is 56.8 Å². The molecule has 0 bridgehead atoms. The van der Waals surface area contributed by atoms with Crippen LogP contribution < -0.4 is 10.2 Å². The third-order valence-electron chi connectivity index (χ3n) is 8.24. The Morgan fingerprint density at radius 1 is 1.09 bits per heavy atom. The molecule has 0 fully saturated rings. The lowest BCUT2D eigenvalue weighted by molar-refractivity contribution is -0.141. The van der Waals surface area contributed by atoms with Gasteiger partial charge in [0.25, 0.3) is 11.8 Å². The van der Waals surface area contributed by atoms with Gasteiger partial charge in [-0.3, -0.25) is 14.6 Å². The van der Waals surface area contributed by atoms with Gasteiger partial charge in [0.05, 0.1) is 35.0 Å². The van der Waals surface area contributed by atoms with Crippen LogP contribution in [0.2, 0.25) is 0 Å². The molecular formula is C33H23BrF3N5O5. The highest BCUT2D eigenvalue weighted by Crippen LogP contribution is 2.49. The first-order chi connectivity index (χ1) is 22.5. The smallest absolute Gasteiger partial charge is 0.432 e. The number of H-pyrrole nitrogens is 2. The van der Waals surface area contributed by atoms with E-state index in [2.05, 4.69) is 36.2 Å². The van der Waals surface area contributed by atoms with E-state index in [0.29, 0.717) is 27.7 Å². The van der Waals surface area contributed by atoms with Crippen molar-refractivity contribution in [2.24, 2.45) is 0 Å². The number of alkyl halides is 4. The summed E-state index contributed by atoms with van der Waals surface area (Å²) >= 11 is 3.40. The summed E-state index contributed by atoms with van der Waals surface area (Å²) in [5.41, 5.74) is 0.451. The summed E-state index contributed by atoms with van der Waals surface area (Å²) in [6.45, 7) is 0.0571. The molecule has 0 saturated carbocycles. The number of nitrogens with zero attached hydrogens (tertiary/aromatic N) is 2. The number of halogens is 4. The Morgan fingerprint density at radius 2 is 1.87 bits per heavy atom. The Hall–Kier alpha value is -5.37. The number of nitrogens with one attached hydrogen (secondary N) is 3. The van der Waals surface area contributed by atoms with E-state index in [1.54, 1.807) is 30.3 Å². The number of esters is 1. The molecule has 1 unspecified atom stereocenters. The number of methoxy groups -OCH3 is 1. The molecule has 6 aromatic rings. The van der Waals surface area contributed by atoms with E-state index in [1.165, 1.54) is 17.2 Å². The summed E-state index contributed by atoms with van der Waals surface area (Å²) in [5, 5.41) is 15.2. The van der Waals surface area contributed by atoms with E-state index < -0.39 is 41.0 Å². The molecule has 3 aromatic carbocycles. The van der Waals surface area contributed by atoms with Gasteiger partial charge in [0, 0.05) is 57.4 Å². The SMILES string of the molecule is COC(=O)c1c(C(F)(F)F)[nH]c2c(O)cc3c(c12)C(CBr)CN3C(=O)c1cc2cc(NC(=O)c3cnc4ccccc4c3)ccc2[nH]1. The molecular weight excluding hydrogens is 683 g/mol. The Bertz CT molecular complexity index is 2280. The van der Waals surface area contributed by atoms with Crippen LogP contribution in [0, 0.1) is 0 Å². The van der Waals surface area contributed by atoms with Crippen LogP contribution in [0.5, 0.6) is 5.75 Å². The number of carbonyl (C=O) groups excluding carboxylic acids is 3. The standard InChI is InChI=1S/C33H23BrF3N5O5/c1-47-32(46)27-26-25-18(12-34)14-42(23(25)11-24(43)28(26)41-29(27)33(35,36)37)31(45)22-10-16-9-19(6-7-21(16)40-22)39-30(44)17-8-15-4-2-3-5-20(15)38-13-17/h2-11,13,18,40-41,43H,12,14H2,1H3,(H,39,44). The molecule has 0 saturated heterocycles. The molecule has 1 atom stereocenters. The Labute approximate surface area is 271 Å². The number of para-hydroxylation sites is 1. The number of aromatic nitrogens is 3. The van der Waals surface area contributed by atoms with Gasteiger partial charge in [0.15, 0.2) is 0 Å². The minimum absolute atomic E-state index is 0.0571. The number of phenolic OH excluding ortho intramolecular Hbond substituents is 1. The fourth-order valence-electron chi connectivity index (χ4n) is 6.12. The van der Waals surface area contributed by atoms with E-state index in [4.69, 9.17) is 4.74 Å². The number of aromatic hydroxyl groups is 1. The van der Waals surface area contributed by atoms with Crippen molar-refractivity contribution in [2.45, 2.75) is 12.1 Å². The lowest BCUT2D eigenvalue weighted by atomic mass is 9.95. The summed E-state index contributed by atoms with van der Waals surface area (Å²) in [7, 11) is 0.968. The fourth-order valence-corrected chi connectivity index (χ4v) is 6.65. The van der Waals surface area contributed by atoms with Gasteiger partial charge >= 0.3 is 12.1 Å². The lowest BCUT2D eigenvalue weighted by Gasteiger charge is -2.17. The third-order valence-corrected chi connectivity index (χ3v) is 9.02. The average Bonchev–Trinajstić information content (AvgIpc) is 3.77. The van der Waals surface area contributed by atoms with Crippen LogP contribution in [0.1, 0.15) is 48.4 Å². The first-order valence-corrected chi connectivity index (χ1v) is 15.3. The number of carbonyl (C=O) groups is 3. The molecule has 7 rings (SSSR count). The van der Waals surface area contributed by atoms with Gasteiger partial charge in [-0.2, -0.15) is 13.2 Å². The van der Waals surface area contributed by atoms with E-state index >= 15 is 0 Å². The first kappa shape index (κ1) is 30.3. The molecule has 1 aliphatic rings. The van der Waals surface area contributed by atoms with Gasteiger partial charge in [-0.05, 0) is 42.0 Å². The summed E-state index contributed by atoms with van der Waals surface area (Å²) in [6, 6.07) is 17.1. The van der Waals surface area contributed by atoms with Crippen LogP contribution >= 0.6 is 15.9 Å². The Balaban J connectivity index is 1.23. The molecule has 14 heteroatoms. The van der Waals surface area contributed by atoms with E-state index in [-0.39, 0.29) is 40.1 Å². The van der Waals surface area contributed by atoms with Crippen LogP contribution in [-0.2, 0) is 10.9 Å². The Morgan fingerprint density at radius 3 is 2.62 bits per heavy atom. The number of hydrogen-bond acceptors (Lipinski definition) is 6. The number of phenols is 1. The fraction of sp³-hybridized carbons (Fsp3) is 0.152. The maximum Gasteiger partial charge on any atom is 0.432 e. The minimum atomic E-state index is -4.95. The molecule has 0 aliphatic carbocycles. The number of rotatable bonds is 5. The van der Waals surface area contributed by atoms with Crippen molar-refractivity contribution in [3.8, 4) is 5.75 Å². The van der Waals surface area contributed by atoms with Gasteiger partial charge in [0.1, 0.15) is 17.1 Å². The maximum atomic E-state index is 14.0. The van der Waals surface area contributed by atoms with Gasteiger partial charge in [0.2, 0.25) is 0 Å². The molecule has 1 aliphatic heterocycles. The topological polar surface area (TPSA) is 140 Å². The highest BCUT2D eigenvalue weighted by molar-refractivity contribution is 9.09. The average molecular weight is 706 g/mol. The molecule has 0 radical (unpaired) electrons. The second-order valence-electron chi connectivity index (χ2n) is 11.1. The van der Waals surface area contributed by atoms with Crippen LogP contribution in [0.3, 0.4) is 0 Å². The summed E-state index contributed by atoms with van der Waals surface area (Å²) < 4.78 is 46.7. The number of ether oxygens (including phenoxy) is 1. The minimum Gasteiger partial charge on any atom is -0.506 e. The van der Waals surface area contributed by atoms with Gasteiger partial charge in [-0.15, -0.1) is 0 Å². The predicted octanol–water partition coefficient (Wildman–Crippen LogP) is 7.10. The molecule has 4 N–H and O–H groups in total. The molecule has 0 spiro atoms. The molecule has 2 amide bonds. The zero-order valence-corrected chi connectivity index (χ0v) is 25.9. The van der Waals surface area contributed by atoms with Crippen molar-refractivity contribution in [3.63, 3.8) is 0 Å². The number of aromatic amines is 2. The van der Waals surface area contributed by atoms with Crippen molar-refractivity contribution in [3.05, 3.63) is 94.9 Å². The van der Waals surface area contributed by atoms with E-state index in [9.17, 15) is 32.7 Å². The number of hydrogen-bond donors (Lipinski definition) is 4.